The number of rotatable bonds is 6. The molecule has 1 aromatic rings. The first kappa shape index (κ1) is 16.8. The van der Waals surface area contributed by atoms with Gasteiger partial charge in [0.25, 0.3) is 5.91 Å². The van der Waals surface area contributed by atoms with Crippen molar-refractivity contribution in [2.75, 3.05) is 6.54 Å². The van der Waals surface area contributed by atoms with E-state index in [1.54, 1.807) is 0 Å². The first-order valence-corrected chi connectivity index (χ1v) is 7.66. The third-order valence-electron chi connectivity index (χ3n) is 4.56. The minimum Gasteiger partial charge on any atom is -0.503 e. The molecule has 25 heavy (non-hydrogen) atoms. The third kappa shape index (κ3) is 3.01. The normalized spacial score (nSPS) is 20.4. The zero-order valence-electron chi connectivity index (χ0n) is 13.3. The van der Waals surface area contributed by atoms with E-state index in [0.717, 1.165) is 25.1 Å². The molecule has 1 saturated carbocycles. The van der Waals surface area contributed by atoms with Crippen LogP contribution in [0.5, 0.6) is 5.75 Å². The Morgan fingerprint density at radius 2 is 2.24 bits per heavy atom. The second-order valence-corrected chi connectivity index (χ2v) is 6.14. The number of hydrogen-bond donors (Lipinski definition) is 5. The Balaban J connectivity index is 1.63. The Bertz CT molecular complexity index is 837. The summed E-state index contributed by atoms with van der Waals surface area (Å²) < 4.78 is 0. The molecule has 2 amide bonds. The summed E-state index contributed by atoms with van der Waals surface area (Å²) in [6.45, 7) is 3.96. The van der Waals surface area contributed by atoms with Crippen LogP contribution in [0.4, 0.5) is 0 Å². The van der Waals surface area contributed by atoms with Crippen molar-refractivity contribution >= 4 is 17.6 Å². The molecule has 1 saturated heterocycles. The van der Waals surface area contributed by atoms with E-state index >= 15 is 0 Å². The van der Waals surface area contributed by atoms with Crippen molar-refractivity contribution in [3.63, 3.8) is 0 Å². The number of carbonyl (C=O) groups excluding carboxylic acids is 2. The lowest BCUT2D eigenvalue weighted by Crippen LogP contribution is -2.64. The average Bonchev–Trinajstić information content (AvgIpc) is 3.41. The fourth-order valence-electron chi connectivity index (χ4n) is 2.79. The van der Waals surface area contributed by atoms with Gasteiger partial charge in [-0.2, -0.15) is 5.90 Å². The molecule has 2 heterocycles. The standard InChI is InChI=1S/C16H18N4O5/c1-8(4-12(25-17)9-5-10(21)11(22)6-18-9)14(23)19-7-13-16(2-3-16)15(24)20-13/h4-6,13,22H,1-3,7,17H2,(H,18,21)(H,19,23)(H,20,24)/b12-4-. The van der Waals surface area contributed by atoms with Gasteiger partial charge in [0.1, 0.15) is 0 Å². The molecule has 1 spiro atoms. The van der Waals surface area contributed by atoms with Crippen LogP contribution < -0.4 is 22.0 Å². The van der Waals surface area contributed by atoms with Gasteiger partial charge >= 0.3 is 0 Å². The number of nitrogens with two attached hydrogens (primary N) is 1. The summed E-state index contributed by atoms with van der Waals surface area (Å²) in [6.07, 6.45) is 4.05. The van der Waals surface area contributed by atoms with Gasteiger partial charge in [-0.15, -0.1) is 0 Å². The molecule has 1 unspecified atom stereocenters. The highest BCUT2D eigenvalue weighted by atomic mass is 16.6. The molecule has 0 radical (unpaired) electrons. The van der Waals surface area contributed by atoms with E-state index in [-0.39, 0.29) is 34.4 Å². The summed E-state index contributed by atoms with van der Waals surface area (Å²) in [5.74, 6) is 4.33. The SMILES string of the molecule is C=C(/C=C(\ON)c1cc(=O)c(O)c[nH]1)C(=O)NCC1NC(=O)C12CC2. The maximum absolute atomic E-state index is 12.1. The second kappa shape index (κ2) is 6.10. The fraction of sp³-hybridized carbons (Fsp3) is 0.312. The minimum atomic E-state index is -0.623. The lowest BCUT2D eigenvalue weighted by Gasteiger charge is -2.37. The number of hydrogen-bond acceptors (Lipinski definition) is 6. The van der Waals surface area contributed by atoms with Gasteiger partial charge in [-0.1, -0.05) is 6.58 Å². The summed E-state index contributed by atoms with van der Waals surface area (Å²) in [7, 11) is 0. The largest absolute Gasteiger partial charge is 0.503 e. The number of pyridine rings is 1. The average molecular weight is 346 g/mol. The van der Waals surface area contributed by atoms with Gasteiger partial charge in [0.05, 0.1) is 17.2 Å². The lowest BCUT2D eigenvalue weighted by atomic mass is 9.87. The summed E-state index contributed by atoms with van der Waals surface area (Å²) in [6, 6.07) is 1.03. The van der Waals surface area contributed by atoms with Gasteiger partial charge in [0.15, 0.2) is 11.5 Å². The monoisotopic (exact) mass is 346 g/mol. The Kier molecular flexibility index (Phi) is 4.09. The summed E-state index contributed by atoms with van der Waals surface area (Å²) in [5, 5.41) is 14.7. The molecule has 0 aromatic carbocycles. The zero-order valence-corrected chi connectivity index (χ0v) is 13.3. The zero-order chi connectivity index (χ0) is 18.2. The van der Waals surface area contributed by atoms with Crippen molar-refractivity contribution in [3.8, 4) is 5.75 Å². The summed E-state index contributed by atoms with van der Waals surface area (Å²) in [4.78, 5) is 42.4. The van der Waals surface area contributed by atoms with Crippen molar-refractivity contribution in [2.45, 2.75) is 18.9 Å². The predicted octanol–water partition coefficient (Wildman–Crippen LogP) is -0.737. The van der Waals surface area contributed by atoms with E-state index in [1.807, 2.05) is 0 Å². The molecule has 2 fully saturated rings. The molecule has 2 aliphatic rings. The smallest absolute Gasteiger partial charge is 0.250 e. The Morgan fingerprint density at radius 3 is 2.80 bits per heavy atom. The van der Waals surface area contributed by atoms with Gasteiger partial charge in [0.2, 0.25) is 11.3 Å². The van der Waals surface area contributed by atoms with Crippen molar-refractivity contribution in [1.82, 2.24) is 15.6 Å². The van der Waals surface area contributed by atoms with Gasteiger partial charge < -0.3 is 25.6 Å². The summed E-state index contributed by atoms with van der Waals surface area (Å²) in [5.41, 5.74) is -0.670. The maximum atomic E-state index is 12.1. The van der Waals surface area contributed by atoms with Crippen LogP contribution in [0.3, 0.4) is 0 Å². The van der Waals surface area contributed by atoms with Gasteiger partial charge in [-0.05, 0) is 18.9 Å². The molecule has 1 aromatic heterocycles. The van der Waals surface area contributed by atoms with Crippen molar-refractivity contribution in [1.29, 1.82) is 0 Å². The Hall–Kier alpha value is -3.07. The lowest BCUT2D eigenvalue weighted by molar-refractivity contribution is -0.137. The molecule has 132 valence electrons. The minimum absolute atomic E-state index is 0.00728. The van der Waals surface area contributed by atoms with Crippen molar-refractivity contribution in [3.05, 3.63) is 46.4 Å². The van der Waals surface area contributed by atoms with E-state index in [2.05, 4.69) is 27.0 Å². The second-order valence-electron chi connectivity index (χ2n) is 6.14. The molecular weight excluding hydrogens is 328 g/mol. The molecule has 3 rings (SSSR count). The molecule has 9 nitrogen and oxygen atoms in total. The van der Waals surface area contributed by atoms with Crippen LogP contribution in [0.15, 0.2) is 35.3 Å². The van der Waals surface area contributed by atoms with Crippen LogP contribution in [0.1, 0.15) is 18.5 Å². The molecule has 6 N–H and O–H groups in total. The molecule has 9 heteroatoms. The quantitative estimate of drug-likeness (QED) is 0.151. The number of carbonyl (C=O) groups is 2. The number of nitrogens with one attached hydrogen (secondary N) is 3. The highest BCUT2D eigenvalue weighted by molar-refractivity contribution is 5.97. The Labute approximate surface area is 142 Å². The van der Waals surface area contributed by atoms with Crippen LogP contribution in [-0.2, 0) is 14.4 Å². The van der Waals surface area contributed by atoms with E-state index in [4.69, 9.17) is 5.90 Å². The number of aromatic amines is 1. The van der Waals surface area contributed by atoms with E-state index in [0.29, 0.717) is 6.54 Å². The highest BCUT2D eigenvalue weighted by Gasteiger charge is 2.63. The number of amides is 2. The van der Waals surface area contributed by atoms with Gasteiger partial charge in [0, 0.05) is 24.4 Å². The van der Waals surface area contributed by atoms with Crippen molar-refractivity contribution < 1.29 is 19.5 Å². The van der Waals surface area contributed by atoms with Gasteiger partial charge in [-0.3, -0.25) is 14.4 Å². The highest BCUT2D eigenvalue weighted by Crippen LogP contribution is 2.53. The first-order chi connectivity index (χ1) is 11.9. The van der Waals surface area contributed by atoms with Crippen LogP contribution in [0.25, 0.3) is 5.76 Å². The number of aromatic hydroxyl groups is 1. The third-order valence-corrected chi connectivity index (χ3v) is 4.56. The number of β-lactam (4-membered cyclic amide) rings is 1. The fourth-order valence-corrected chi connectivity index (χ4v) is 2.79. The molecule has 1 aliphatic heterocycles. The molecule has 1 atom stereocenters. The van der Waals surface area contributed by atoms with Crippen LogP contribution >= 0.6 is 0 Å². The maximum Gasteiger partial charge on any atom is 0.250 e. The predicted molar refractivity (Wildman–Crippen MR) is 87.7 cm³/mol. The van der Waals surface area contributed by atoms with Crippen LogP contribution in [0.2, 0.25) is 0 Å². The number of H-pyrrole nitrogens is 1. The van der Waals surface area contributed by atoms with Gasteiger partial charge in [-0.25, -0.2) is 0 Å². The molecular formula is C16H18N4O5. The van der Waals surface area contributed by atoms with Crippen molar-refractivity contribution in [2.24, 2.45) is 11.3 Å². The molecule has 1 aliphatic carbocycles. The Morgan fingerprint density at radius 1 is 1.52 bits per heavy atom. The van der Waals surface area contributed by atoms with E-state index in [9.17, 15) is 19.5 Å². The van der Waals surface area contributed by atoms with Crippen LogP contribution in [-0.4, -0.2) is 34.5 Å². The first-order valence-electron chi connectivity index (χ1n) is 7.66. The van der Waals surface area contributed by atoms with Crippen LogP contribution in [0, 0.1) is 5.41 Å². The number of aromatic nitrogens is 1. The topological polar surface area (TPSA) is 147 Å². The molecule has 0 bridgehead atoms. The van der Waals surface area contributed by atoms with E-state index < -0.39 is 17.1 Å². The van der Waals surface area contributed by atoms with E-state index in [1.165, 1.54) is 6.08 Å². The summed E-state index contributed by atoms with van der Waals surface area (Å²) >= 11 is 0.